The van der Waals surface area contributed by atoms with E-state index in [1.807, 2.05) is 30.3 Å². The number of rotatable bonds is 8. The molecule has 0 heterocycles. The largest absolute Gasteiger partial charge is 0.493 e. The first kappa shape index (κ1) is 17.5. The zero-order chi connectivity index (χ0) is 17.4. The standard InChI is InChI=1S/C18H20N2O4/c1-14(15-6-3-2-4-7-15)13-19-18(21)10-11-24-17-9-5-8-16(12-17)20(22)23/h2-9,12,14H,10-11,13H2,1H3,(H,19,21)/t14-/m0/s1. The Morgan fingerprint density at radius 2 is 1.96 bits per heavy atom. The van der Waals surface area contributed by atoms with Crippen molar-refractivity contribution in [1.82, 2.24) is 5.32 Å². The fourth-order valence-corrected chi connectivity index (χ4v) is 2.20. The van der Waals surface area contributed by atoms with Gasteiger partial charge in [-0.25, -0.2) is 0 Å². The van der Waals surface area contributed by atoms with Crippen LogP contribution in [-0.2, 0) is 4.79 Å². The quantitative estimate of drug-likeness (QED) is 0.595. The van der Waals surface area contributed by atoms with E-state index >= 15 is 0 Å². The lowest BCUT2D eigenvalue weighted by atomic mass is 10.0. The van der Waals surface area contributed by atoms with Gasteiger partial charge in [0, 0.05) is 12.6 Å². The highest BCUT2D eigenvalue weighted by Gasteiger charge is 2.09. The van der Waals surface area contributed by atoms with E-state index in [9.17, 15) is 14.9 Å². The first-order chi connectivity index (χ1) is 11.6. The number of hydrogen-bond donors (Lipinski definition) is 1. The summed E-state index contributed by atoms with van der Waals surface area (Å²) in [5.41, 5.74) is 1.14. The third-order valence-electron chi connectivity index (χ3n) is 3.60. The molecule has 2 rings (SSSR count). The van der Waals surface area contributed by atoms with Crippen molar-refractivity contribution < 1.29 is 14.5 Å². The Hall–Kier alpha value is -2.89. The average molecular weight is 328 g/mol. The monoisotopic (exact) mass is 328 g/mol. The van der Waals surface area contributed by atoms with Crippen molar-refractivity contribution in [3.05, 3.63) is 70.3 Å². The third kappa shape index (κ3) is 5.39. The predicted molar refractivity (Wildman–Crippen MR) is 91.1 cm³/mol. The van der Waals surface area contributed by atoms with Crippen LogP contribution >= 0.6 is 0 Å². The van der Waals surface area contributed by atoms with E-state index in [1.54, 1.807) is 12.1 Å². The van der Waals surface area contributed by atoms with Crippen LogP contribution in [0.3, 0.4) is 0 Å². The van der Waals surface area contributed by atoms with Crippen LogP contribution in [0.4, 0.5) is 5.69 Å². The lowest BCUT2D eigenvalue weighted by Gasteiger charge is -2.13. The van der Waals surface area contributed by atoms with Crippen LogP contribution in [0.5, 0.6) is 5.75 Å². The summed E-state index contributed by atoms with van der Waals surface area (Å²) in [5.74, 6) is 0.505. The molecular formula is C18H20N2O4. The SMILES string of the molecule is C[C@@H](CNC(=O)CCOc1cccc([N+](=O)[O-])c1)c1ccccc1. The summed E-state index contributed by atoms with van der Waals surface area (Å²) in [6, 6.07) is 15.9. The summed E-state index contributed by atoms with van der Waals surface area (Å²) in [7, 11) is 0. The number of ether oxygens (including phenoxy) is 1. The van der Waals surface area contributed by atoms with E-state index < -0.39 is 4.92 Å². The van der Waals surface area contributed by atoms with Gasteiger partial charge in [0.1, 0.15) is 5.75 Å². The molecule has 2 aromatic rings. The van der Waals surface area contributed by atoms with Crippen molar-refractivity contribution in [2.45, 2.75) is 19.3 Å². The molecule has 1 atom stereocenters. The number of non-ortho nitro benzene ring substituents is 1. The van der Waals surface area contributed by atoms with Gasteiger partial charge in [-0.15, -0.1) is 0 Å². The van der Waals surface area contributed by atoms with Crippen molar-refractivity contribution in [3.63, 3.8) is 0 Å². The average Bonchev–Trinajstić information content (AvgIpc) is 2.60. The molecule has 0 aliphatic heterocycles. The Balaban J connectivity index is 1.72. The summed E-state index contributed by atoms with van der Waals surface area (Å²) >= 11 is 0. The lowest BCUT2D eigenvalue weighted by Crippen LogP contribution is -2.28. The number of nitro groups is 1. The van der Waals surface area contributed by atoms with Gasteiger partial charge in [-0.05, 0) is 17.5 Å². The van der Waals surface area contributed by atoms with Gasteiger partial charge in [-0.2, -0.15) is 0 Å². The number of nitro benzene ring substituents is 1. The number of carbonyl (C=O) groups is 1. The van der Waals surface area contributed by atoms with E-state index in [0.717, 1.165) is 0 Å². The van der Waals surface area contributed by atoms with Gasteiger partial charge in [-0.1, -0.05) is 43.3 Å². The first-order valence-electron chi connectivity index (χ1n) is 7.75. The molecule has 0 saturated heterocycles. The molecule has 0 bridgehead atoms. The minimum absolute atomic E-state index is 0.0337. The first-order valence-corrected chi connectivity index (χ1v) is 7.75. The molecule has 0 spiro atoms. The molecule has 0 saturated carbocycles. The van der Waals surface area contributed by atoms with E-state index in [2.05, 4.69) is 12.2 Å². The number of hydrogen-bond acceptors (Lipinski definition) is 4. The minimum Gasteiger partial charge on any atom is -0.493 e. The maximum absolute atomic E-state index is 11.8. The molecule has 2 aromatic carbocycles. The Labute approximate surface area is 140 Å². The lowest BCUT2D eigenvalue weighted by molar-refractivity contribution is -0.384. The molecular weight excluding hydrogens is 308 g/mol. The van der Waals surface area contributed by atoms with Crippen LogP contribution in [0.25, 0.3) is 0 Å². The Kier molecular flexibility index (Phi) is 6.31. The number of benzene rings is 2. The Morgan fingerprint density at radius 1 is 1.21 bits per heavy atom. The molecule has 6 nitrogen and oxygen atoms in total. The van der Waals surface area contributed by atoms with Gasteiger partial charge in [0.05, 0.1) is 24.0 Å². The molecule has 0 aliphatic carbocycles. The second-order valence-corrected chi connectivity index (χ2v) is 5.47. The van der Waals surface area contributed by atoms with Gasteiger partial charge in [0.15, 0.2) is 0 Å². The zero-order valence-electron chi connectivity index (χ0n) is 13.5. The van der Waals surface area contributed by atoms with Gasteiger partial charge >= 0.3 is 0 Å². The molecule has 0 unspecified atom stereocenters. The third-order valence-corrected chi connectivity index (χ3v) is 3.60. The Bertz CT molecular complexity index is 688. The highest BCUT2D eigenvalue weighted by Crippen LogP contribution is 2.19. The predicted octanol–water partition coefficient (Wildman–Crippen LogP) is 3.28. The van der Waals surface area contributed by atoms with Crippen LogP contribution < -0.4 is 10.1 Å². The maximum atomic E-state index is 11.8. The molecule has 0 aromatic heterocycles. The maximum Gasteiger partial charge on any atom is 0.273 e. The minimum atomic E-state index is -0.482. The van der Waals surface area contributed by atoms with Crippen molar-refractivity contribution >= 4 is 11.6 Å². The number of nitrogens with one attached hydrogen (secondary N) is 1. The molecule has 6 heteroatoms. The normalized spacial score (nSPS) is 11.5. The van der Waals surface area contributed by atoms with E-state index in [-0.39, 0.29) is 30.5 Å². The van der Waals surface area contributed by atoms with E-state index in [4.69, 9.17) is 4.74 Å². The highest BCUT2D eigenvalue weighted by molar-refractivity contribution is 5.76. The van der Waals surface area contributed by atoms with Gasteiger partial charge in [0.2, 0.25) is 5.91 Å². The smallest absolute Gasteiger partial charge is 0.273 e. The van der Waals surface area contributed by atoms with Crippen LogP contribution in [-0.4, -0.2) is 24.0 Å². The summed E-state index contributed by atoms with van der Waals surface area (Å²) in [6.07, 6.45) is 0.199. The van der Waals surface area contributed by atoms with Crippen LogP contribution in [0.15, 0.2) is 54.6 Å². The fraction of sp³-hybridized carbons (Fsp3) is 0.278. The van der Waals surface area contributed by atoms with Gasteiger partial charge in [-0.3, -0.25) is 14.9 Å². The van der Waals surface area contributed by atoms with Gasteiger partial charge < -0.3 is 10.1 Å². The zero-order valence-corrected chi connectivity index (χ0v) is 13.5. The molecule has 1 amide bonds. The topological polar surface area (TPSA) is 81.5 Å². The molecule has 24 heavy (non-hydrogen) atoms. The molecule has 0 fully saturated rings. The molecule has 1 N–H and O–H groups in total. The Morgan fingerprint density at radius 3 is 2.67 bits per heavy atom. The summed E-state index contributed by atoms with van der Waals surface area (Å²) in [5, 5.41) is 13.6. The fourth-order valence-electron chi connectivity index (χ4n) is 2.20. The molecule has 0 radical (unpaired) electrons. The number of carbonyl (C=O) groups excluding carboxylic acids is 1. The van der Waals surface area contributed by atoms with Crippen molar-refractivity contribution in [3.8, 4) is 5.75 Å². The van der Waals surface area contributed by atoms with Crippen LogP contribution in [0, 0.1) is 10.1 Å². The van der Waals surface area contributed by atoms with Crippen molar-refractivity contribution in [1.29, 1.82) is 0 Å². The van der Waals surface area contributed by atoms with E-state index in [0.29, 0.717) is 12.3 Å². The van der Waals surface area contributed by atoms with Crippen molar-refractivity contribution in [2.24, 2.45) is 0 Å². The number of amides is 1. The van der Waals surface area contributed by atoms with Crippen LogP contribution in [0.2, 0.25) is 0 Å². The second-order valence-electron chi connectivity index (χ2n) is 5.47. The van der Waals surface area contributed by atoms with Crippen LogP contribution in [0.1, 0.15) is 24.8 Å². The van der Waals surface area contributed by atoms with Gasteiger partial charge in [0.25, 0.3) is 5.69 Å². The van der Waals surface area contributed by atoms with Crippen molar-refractivity contribution in [2.75, 3.05) is 13.2 Å². The number of nitrogens with zero attached hydrogens (tertiary/aromatic N) is 1. The summed E-state index contributed by atoms with van der Waals surface area (Å²) in [6.45, 7) is 2.78. The highest BCUT2D eigenvalue weighted by atomic mass is 16.6. The second kappa shape index (κ2) is 8.67. The van der Waals surface area contributed by atoms with E-state index in [1.165, 1.54) is 17.7 Å². The summed E-state index contributed by atoms with van der Waals surface area (Å²) in [4.78, 5) is 22.1. The molecule has 0 aliphatic rings. The molecule has 126 valence electrons. The summed E-state index contributed by atoms with van der Waals surface area (Å²) < 4.78 is 5.39.